The number of hydrogen-bond acceptors (Lipinski definition) is 5. The number of carbonyl (C=O) groups excluding carboxylic acids is 1. The van der Waals surface area contributed by atoms with Gasteiger partial charge in [-0.15, -0.1) is 0 Å². The molecule has 82 valence electrons. The quantitative estimate of drug-likeness (QED) is 0.278. The van der Waals surface area contributed by atoms with Gasteiger partial charge in [0, 0.05) is 18.7 Å². The standard InChI is InChI=1S/C10H15N3O2/c11-9-6-8(7-15)2-3-10(9)13(12)4-1-5-14/h2-3,6-7,14H,1,4-5,11-12H2. The van der Waals surface area contributed by atoms with Gasteiger partial charge in [-0.25, -0.2) is 5.84 Å². The molecule has 5 nitrogen and oxygen atoms in total. The average molecular weight is 209 g/mol. The van der Waals surface area contributed by atoms with Crippen LogP contribution in [0.25, 0.3) is 0 Å². The molecule has 0 aliphatic heterocycles. The summed E-state index contributed by atoms with van der Waals surface area (Å²) in [6, 6.07) is 4.91. The van der Waals surface area contributed by atoms with Gasteiger partial charge in [0.15, 0.2) is 0 Å². The summed E-state index contributed by atoms with van der Waals surface area (Å²) in [5, 5.41) is 10.1. The van der Waals surface area contributed by atoms with Crippen molar-refractivity contribution in [3.63, 3.8) is 0 Å². The van der Waals surface area contributed by atoms with E-state index in [0.29, 0.717) is 29.9 Å². The summed E-state index contributed by atoms with van der Waals surface area (Å²) in [4.78, 5) is 10.5. The number of benzene rings is 1. The molecule has 0 aliphatic carbocycles. The number of nitrogen functional groups attached to an aromatic ring is 1. The number of nitrogens with zero attached hydrogens (tertiary/aromatic N) is 1. The van der Waals surface area contributed by atoms with Crippen molar-refractivity contribution in [1.29, 1.82) is 0 Å². The molecule has 1 aromatic carbocycles. The highest BCUT2D eigenvalue weighted by Gasteiger charge is 2.05. The zero-order valence-electron chi connectivity index (χ0n) is 8.39. The van der Waals surface area contributed by atoms with Gasteiger partial charge in [0.1, 0.15) is 6.29 Å². The number of aliphatic hydroxyl groups is 1. The molecule has 15 heavy (non-hydrogen) atoms. The Kier molecular flexibility index (Phi) is 4.08. The van der Waals surface area contributed by atoms with Crippen molar-refractivity contribution < 1.29 is 9.90 Å². The minimum Gasteiger partial charge on any atom is -0.397 e. The third-order valence-corrected chi connectivity index (χ3v) is 2.05. The topological polar surface area (TPSA) is 92.6 Å². The Labute approximate surface area is 88.3 Å². The van der Waals surface area contributed by atoms with E-state index >= 15 is 0 Å². The maximum absolute atomic E-state index is 10.5. The predicted molar refractivity (Wildman–Crippen MR) is 59.5 cm³/mol. The van der Waals surface area contributed by atoms with Crippen LogP contribution in [0.15, 0.2) is 18.2 Å². The van der Waals surface area contributed by atoms with Crippen LogP contribution in [0.1, 0.15) is 16.8 Å². The Balaban J connectivity index is 2.80. The van der Waals surface area contributed by atoms with Crippen molar-refractivity contribution in [3.8, 4) is 0 Å². The molecule has 0 fully saturated rings. The van der Waals surface area contributed by atoms with Crippen molar-refractivity contribution in [3.05, 3.63) is 23.8 Å². The third-order valence-electron chi connectivity index (χ3n) is 2.05. The molecule has 1 aromatic rings. The molecule has 0 saturated carbocycles. The van der Waals surface area contributed by atoms with E-state index < -0.39 is 0 Å². The lowest BCUT2D eigenvalue weighted by Crippen LogP contribution is -2.32. The van der Waals surface area contributed by atoms with Gasteiger partial charge >= 0.3 is 0 Å². The second-order valence-corrected chi connectivity index (χ2v) is 3.21. The fourth-order valence-corrected chi connectivity index (χ4v) is 1.27. The number of anilines is 2. The summed E-state index contributed by atoms with van der Waals surface area (Å²) < 4.78 is 0. The summed E-state index contributed by atoms with van der Waals surface area (Å²) in [6.45, 7) is 0.598. The molecule has 0 amide bonds. The van der Waals surface area contributed by atoms with E-state index in [1.807, 2.05) is 0 Å². The van der Waals surface area contributed by atoms with Crippen LogP contribution < -0.4 is 16.6 Å². The van der Waals surface area contributed by atoms with Gasteiger partial charge < -0.3 is 15.8 Å². The number of aliphatic hydroxyl groups excluding tert-OH is 1. The van der Waals surface area contributed by atoms with Gasteiger partial charge in [-0.05, 0) is 24.6 Å². The second-order valence-electron chi connectivity index (χ2n) is 3.21. The molecule has 0 spiro atoms. The molecule has 0 atom stereocenters. The van der Waals surface area contributed by atoms with E-state index in [2.05, 4.69) is 0 Å². The van der Waals surface area contributed by atoms with Crippen molar-refractivity contribution in [2.75, 3.05) is 23.9 Å². The molecule has 0 saturated heterocycles. The smallest absolute Gasteiger partial charge is 0.150 e. The lowest BCUT2D eigenvalue weighted by Gasteiger charge is -2.20. The lowest BCUT2D eigenvalue weighted by molar-refractivity contribution is 0.112. The Bertz CT molecular complexity index is 341. The normalized spacial score (nSPS) is 10.0. The fourth-order valence-electron chi connectivity index (χ4n) is 1.27. The molecule has 0 radical (unpaired) electrons. The highest BCUT2D eigenvalue weighted by atomic mass is 16.3. The van der Waals surface area contributed by atoms with Crippen LogP contribution in [0, 0.1) is 0 Å². The fraction of sp³-hybridized carbons (Fsp3) is 0.300. The Morgan fingerprint density at radius 3 is 2.73 bits per heavy atom. The van der Waals surface area contributed by atoms with Crippen LogP contribution in [-0.4, -0.2) is 24.5 Å². The van der Waals surface area contributed by atoms with Crippen LogP contribution in [0.3, 0.4) is 0 Å². The zero-order chi connectivity index (χ0) is 11.3. The predicted octanol–water partition coefficient (Wildman–Crippen LogP) is 0.144. The highest BCUT2D eigenvalue weighted by molar-refractivity contribution is 5.80. The first-order chi connectivity index (χ1) is 7.19. The van der Waals surface area contributed by atoms with Crippen LogP contribution >= 0.6 is 0 Å². The van der Waals surface area contributed by atoms with Gasteiger partial charge in [-0.2, -0.15) is 0 Å². The van der Waals surface area contributed by atoms with E-state index in [1.54, 1.807) is 18.2 Å². The summed E-state index contributed by atoms with van der Waals surface area (Å²) >= 11 is 0. The van der Waals surface area contributed by atoms with Gasteiger partial charge in [-0.3, -0.25) is 4.79 Å². The first kappa shape index (κ1) is 11.5. The molecule has 0 bridgehead atoms. The zero-order valence-corrected chi connectivity index (χ0v) is 8.39. The average Bonchev–Trinajstić information content (AvgIpc) is 2.25. The Morgan fingerprint density at radius 2 is 2.20 bits per heavy atom. The Morgan fingerprint density at radius 1 is 1.47 bits per heavy atom. The number of hydrazine groups is 1. The number of carbonyl (C=O) groups is 1. The van der Waals surface area contributed by atoms with Gasteiger partial charge in [0.2, 0.25) is 0 Å². The summed E-state index contributed by atoms with van der Waals surface area (Å²) in [5.41, 5.74) is 7.37. The number of nitrogens with two attached hydrogens (primary N) is 2. The van der Waals surface area contributed by atoms with E-state index in [9.17, 15) is 4.79 Å². The Hall–Kier alpha value is -1.59. The first-order valence-corrected chi connectivity index (χ1v) is 4.67. The molecular formula is C10H15N3O2. The minimum atomic E-state index is 0.0834. The van der Waals surface area contributed by atoms with Crippen molar-refractivity contribution in [2.24, 2.45) is 5.84 Å². The van der Waals surface area contributed by atoms with Crippen molar-refractivity contribution >= 4 is 17.7 Å². The third kappa shape index (κ3) is 2.93. The van der Waals surface area contributed by atoms with Gasteiger partial charge in [0.05, 0.1) is 11.4 Å². The number of aldehydes is 1. The molecule has 0 unspecified atom stereocenters. The van der Waals surface area contributed by atoms with Crippen LogP contribution in [0.5, 0.6) is 0 Å². The largest absolute Gasteiger partial charge is 0.397 e. The number of rotatable bonds is 5. The van der Waals surface area contributed by atoms with E-state index in [4.69, 9.17) is 16.7 Å². The maximum Gasteiger partial charge on any atom is 0.150 e. The molecule has 5 heteroatoms. The van der Waals surface area contributed by atoms with Gasteiger partial charge in [0.25, 0.3) is 0 Å². The minimum absolute atomic E-state index is 0.0834. The van der Waals surface area contributed by atoms with E-state index in [1.165, 1.54) is 5.01 Å². The monoisotopic (exact) mass is 209 g/mol. The number of hydrogen-bond donors (Lipinski definition) is 3. The van der Waals surface area contributed by atoms with Crippen LogP contribution in [-0.2, 0) is 0 Å². The molecular weight excluding hydrogens is 194 g/mol. The summed E-state index contributed by atoms with van der Waals surface area (Å²) in [7, 11) is 0. The van der Waals surface area contributed by atoms with E-state index in [0.717, 1.165) is 6.29 Å². The first-order valence-electron chi connectivity index (χ1n) is 4.67. The lowest BCUT2D eigenvalue weighted by atomic mass is 10.2. The van der Waals surface area contributed by atoms with Crippen LogP contribution in [0.4, 0.5) is 11.4 Å². The van der Waals surface area contributed by atoms with Crippen molar-refractivity contribution in [2.45, 2.75) is 6.42 Å². The summed E-state index contributed by atoms with van der Waals surface area (Å²) in [5.74, 6) is 5.73. The maximum atomic E-state index is 10.5. The highest BCUT2D eigenvalue weighted by Crippen LogP contribution is 2.21. The molecule has 5 N–H and O–H groups in total. The molecule has 0 aromatic heterocycles. The van der Waals surface area contributed by atoms with E-state index in [-0.39, 0.29) is 6.61 Å². The molecule has 0 heterocycles. The van der Waals surface area contributed by atoms with Gasteiger partial charge in [-0.1, -0.05) is 0 Å². The van der Waals surface area contributed by atoms with Crippen molar-refractivity contribution in [1.82, 2.24) is 0 Å². The molecule has 1 rings (SSSR count). The summed E-state index contributed by atoms with van der Waals surface area (Å²) in [6.07, 6.45) is 1.31. The molecule has 0 aliphatic rings. The SMILES string of the molecule is Nc1cc(C=O)ccc1N(N)CCCO. The second kappa shape index (κ2) is 5.33. The van der Waals surface area contributed by atoms with Crippen LogP contribution in [0.2, 0.25) is 0 Å².